The molecule has 1 aliphatic rings. The molecule has 1 atom stereocenters. The fourth-order valence-electron chi connectivity index (χ4n) is 2.84. The van der Waals surface area contributed by atoms with Gasteiger partial charge in [-0.2, -0.15) is 0 Å². The van der Waals surface area contributed by atoms with E-state index in [1.165, 1.54) is 5.01 Å². The molecule has 1 aromatic heterocycles. The number of rotatable bonds is 4. The normalized spacial score (nSPS) is 16.6. The van der Waals surface area contributed by atoms with Crippen molar-refractivity contribution in [1.29, 1.82) is 0 Å². The number of carbonyl (C=O) groups excluding carboxylic acids is 2. The lowest BCUT2D eigenvalue weighted by atomic mass is 10.2. The van der Waals surface area contributed by atoms with Gasteiger partial charge in [-0.1, -0.05) is 18.2 Å². The van der Waals surface area contributed by atoms with Crippen LogP contribution in [-0.2, 0) is 4.74 Å². The van der Waals surface area contributed by atoms with Gasteiger partial charge in [-0.3, -0.25) is 10.2 Å². The fraction of sp³-hybridized carbons (Fsp3) is 0.158. The van der Waals surface area contributed by atoms with Gasteiger partial charge in [-0.25, -0.2) is 9.80 Å². The lowest BCUT2D eigenvalue weighted by molar-refractivity contribution is 0.0798. The van der Waals surface area contributed by atoms with Crippen LogP contribution in [0.2, 0.25) is 0 Å². The smallest absolute Gasteiger partial charge is 0.429 e. The zero-order valence-corrected chi connectivity index (χ0v) is 14.8. The highest BCUT2D eigenvalue weighted by Crippen LogP contribution is 2.35. The van der Waals surface area contributed by atoms with E-state index >= 15 is 0 Å². The van der Waals surface area contributed by atoms with Crippen molar-refractivity contribution in [3.05, 3.63) is 65.0 Å². The number of nitrogens with one attached hydrogen (secondary N) is 1. The van der Waals surface area contributed by atoms with Crippen LogP contribution < -0.4 is 10.2 Å². The van der Waals surface area contributed by atoms with Crippen LogP contribution in [0, 0.1) is 0 Å². The average molecular weight is 368 g/mol. The first-order valence-corrected chi connectivity index (χ1v) is 8.87. The minimum absolute atomic E-state index is 0.203. The number of hydrogen-bond donors (Lipinski definition) is 1. The number of carbonyl (C=O) groups is 2. The monoisotopic (exact) mass is 368 g/mol. The fourth-order valence-corrected chi connectivity index (χ4v) is 3.98. The molecule has 1 fully saturated rings. The summed E-state index contributed by atoms with van der Waals surface area (Å²) in [5.74, 6) is 0.280. The third-order valence-corrected chi connectivity index (χ3v) is 5.44. The van der Waals surface area contributed by atoms with E-state index in [1.807, 2.05) is 30.3 Å². The van der Waals surface area contributed by atoms with Crippen molar-refractivity contribution in [2.45, 2.75) is 6.04 Å². The van der Waals surface area contributed by atoms with Crippen LogP contribution in [0.1, 0.15) is 21.3 Å². The Kier molecular flexibility index (Phi) is 4.22. The summed E-state index contributed by atoms with van der Waals surface area (Å²) in [7, 11) is 1.56. The van der Waals surface area contributed by atoms with E-state index in [4.69, 9.17) is 9.47 Å². The summed E-state index contributed by atoms with van der Waals surface area (Å²) >= 11 is 1.59. The summed E-state index contributed by atoms with van der Waals surface area (Å²) in [6, 6.07) is 16.4. The Hall–Kier alpha value is -3.06. The van der Waals surface area contributed by atoms with Crippen molar-refractivity contribution in [3.63, 3.8) is 0 Å². The van der Waals surface area contributed by atoms with Gasteiger partial charge < -0.3 is 9.47 Å². The Bertz CT molecular complexity index is 934. The largest absolute Gasteiger partial charge is 0.497 e. The van der Waals surface area contributed by atoms with Crippen molar-refractivity contribution < 1.29 is 19.1 Å². The predicted octanol–water partition coefficient (Wildman–Crippen LogP) is 3.75. The number of benzene rings is 2. The maximum atomic E-state index is 12.5. The summed E-state index contributed by atoms with van der Waals surface area (Å²) < 4.78 is 11.4. The highest BCUT2D eigenvalue weighted by Gasteiger charge is 2.36. The van der Waals surface area contributed by atoms with Gasteiger partial charge in [-0.15, -0.1) is 11.3 Å². The molecule has 2 amide bonds. The summed E-state index contributed by atoms with van der Waals surface area (Å²) in [6.07, 6.45) is -0.561. The first-order valence-electron chi connectivity index (χ1n) is 8.05. The van der Waals surface area contributed by atoms with Crippen LogP contribution in [0.3, 0.4) is 0 Å². The second-order valence-electron chi connectivity index (χ2n) is 5.82. The number of methoxy groups -OCH3 is 1. The third-order valence-electron chi connectivity index (χ3n) is 4.22. The number of amides is 2. The van der Waals surface area contributed by atoms with Gasteiger partial charge >= 0.3 is 6.09 Å². The van der Waals surface area contributed by atoms with E-state index in [2.05, 4.69) is 5.43 Å². The average Bonchev–Trinajstić information content (AvgIpc) is 3.25. The van der Waals surface area contributed by atoms with Crippen molar-refractivity contribution in [2.75, 3.05) is 13.7 Å². The van der Waals surface area contributed by atoms with E-state index < -0.39 is 6.09 Å². The van der Waals surface area contributed by atoms with E-state index in [0.29, 0.717) is 11.3 Å². The number of thiophene rings is 1. The van der Waals surface area contributed by atoms with Crippen molar-refractivity contribution in [2.24, 2.45) is 0 Å². The molecule has 7 heteroatoms. The standard InChI is InChI=1S/C19H16N2O4S/c1-24-14-8-6-12(7-9-14)18(22)20-21-15(11-25-19(21)23)17-10-13-4-2-3-5-16(13)26-17/h2-10,15H,11H2,1H3,(H,20,22). The minimum Gasteiger partial charge on any atom is -0.497 e. The molecule has 1 aliphatic heterocycles. The molecule has 0 aliphatic carbocycles. The van der Waals surface area contributed by atoms with Gasteiger partial charge in [0.05, 0.1) is 7.11 Å². The molecule has 4 rings (SSSR count). The van der Waals surface area contributed by atoms with Gasteiger partial charge in [0.25, 0.3) is 5.91 Å². The maximum Gasteiger partial charge on any atom is 0.429 e. The van der Waals surface area contributed by atoms with Crippen LogP contribution in [-0.4, -0.2) is 30.7 Å². The number of hydrogen-bond acceptors (Lipinski definition) is 5. The van der Waals surface area contributed by atoms with Crippen molar-refractivity contribution in [1.82, 2.24) is 10.4 Å². The van der Waals surface area contributed by atoms with Crippen LogP contribution in [0.5, 0.6) is 5.75 Å². The summed E-state index contributed by atoms with van der Waals surface area (Å²) in [5, 5.41) is 2.37. The molecular formula is C19H16N2O4S. The SMILES string of the molecule is COc1ccc(C(=O)NN2C(=O)OCC2c2cc3ccccc3s2)cc1. The molecule has 0 radical (unpaired) electrons. The summed E-state index contributed by atoms with van der Waals surface area (Å²) in [5.41, 5.74) is 3.09. The van der Waals surface area contributed by atoms with Crippen LogP contribution >= 0.6 is 11.3 Å². The van der Waals surface area contributed by atoms with Gasteiger partial charge in [-0.05, 0) is 41.8 Å². The summed E-state index contributed by atoms with van der Waals surface area (Å²) in [6.45, 7) is 0.203. The minimum atomic E-state index is -0.561. The second kappa shape index (κ2) is 6.68. The molecule has 3 aromatic rings. The Labute approximate surface area is 153 Å². The first kappa shape index (κ1) is 16.4. The van der Waals surface area contributed by atoms with E-state index in [-0.39, 0.29) is 18.6 Å². The Morgan fingerprint density at radius 1 is 1.23 bits per heavy atom. The zero-order valence-electron chi connectivity index (χ0n) is 14.0. The zero-order chi connectivity index (χ0) is 18.1. The molecule has 2 aromatic carbocycles. The van der Waals surface area contributed by atoms with Crippen LogP contribution in [0.15, 0.2) is 54.6 Å². The lowest BCUT2D eigenvalue weighted by Crippen LogP contribution is -2.44. The molecule has 6 nitrogen and oxygen atoms in total. The van der Waals surface area contributed by atoms with Crippen molar-refractivity contribution in [3.8, 4) is 5.75 Å². The molecular weight excluding hydrogens is 352 g/mol. The molecule has 1 unspecified atom stereocenters. The molecule has 2 heterocycles. The highest BCUT2D eigenvalue weighted by atomic mass is 32.1. The van der Waals surface area contributed by atoms with Crippen LogP contribution in [0.25, 0.3) is 10.1 Å². The Morgan fingerprint density at radius 2 is 2.00 bits per heavy atom. The molecule has 0 saturated carbocycles. The van der Waals surface area contributed by atoms with Gasteiger partial charge in [0.2, 0.25) is 0 Å². The number of cyclic esters (lactones) is 1. The highest BCUT2D eigenvalue weighted by molar-refractivity contribution is 7.19. The van der Waals surface area contributed by atoms with Gasteiger partial charge in [0.1, 0.15) is 18.4 Å². The first-order chi connectivity index (χ1) is 12.7. The third kappa shape index (κ3) is 2.97. The molecule has 0 spiro atoms. The quantitative estimate of drug-likeness (QED) is 0.762. The molecule has 1 N–H and O–H groups in total. The topological polar surface area (TPSA) is 67.9 Å². The Morgan fingerprint density at radius 3 is 2.73 bits per heavy atom. The van der Waals surface area contributed by atoms with Gasteiger partial charge in [0.15, 0.2) is 0 Å². The van der Waals surface area contributed by atoms with Crippen LogP contribution in [0.4, 0.5) is 4.79 Å². The molecule has 1 saturated heterocycles. The molecule has 0 bridgehead atoms. The number of ether oxygens (including phenoxy) is 2. The summed E-state index contributed by atoms with van der Waals surface area (Å²) in [4.78, 5) is 25.6. The van der Waals surface area contributed by atoms with E-state index in [1.54, 1.807) is 42.7 Å². The van der Waals surface area contributed by atoms with Gasteiger partial charge in [0, 0.05) is 15.1 Å². The molecule has 26 heavy (non-hydrogen) atoms. The number of fused-ring (bicyclic) bond motifs is 1. The predicted molar refractivity (Wildman–Crippen MR) is 98.2 cm³/mol. The maximum absolute atomic E-state index is 12.5. The Balaban J connectivity index is 1.56. The molecule has 132 valence electrons. The van der Waals surface area contributed by atoms with E-state index in [9.17, 15) is 9.59 Å². The van der Waals surface area contributed by atoms with Crippen molar-refractivity contribution >= 4 is 33.4 Å². The van der Waals surface area contributed by atoms with E-state index in [0.717, 1.165) is 15.0 Å². The number of hydrazine groups is 1. The lowest BCUT2D eigenvalue weighted by Gasteiger charge is -2.21. The second-order valence-corrected chi connectivity index (χ2v) is 6.93. The number of nitrogens with zero attached hydrogens (tertiary/aromatic N) is 1.